The van der Waals surface area contributed by atoms with E-state index in [0.29, 0.717) is 5.56 Å². The van der Waals surface area contributed by atoms with Gasteiger partial charge in [-0.25, -0.2) is 5.06 Å². The number of hydroxylamine groups is 2. The molecule has 1 aromatic rings. The lowest BCUT2D eigenvalue weighted by Gasteiger charge is -2.13. The fraction of sp³-hybridized carbons (Fsp3) is 0.222. The minimum absolute atomic E-state index is 0.123. The molecule has 0 aromatic heterocycles. The number of carbonyl (C=O) groups excluding carboxylic acids is 1. The Bertz CT molecular complexity index is 354. The average Bonchev–Trinajstić information content (AvgIpc) is 2.20. The first-order chi connectivity index (χ1) is 6.56. The van der Waals surface area contributed by atoms with Crippen molar-refractivity contribution in [2.45, 2.75) is 0 Å². The second kappa shape index (κ2) is 4.30. The molecule has 0 saturated carbocycles. The summed E-state index contributed by atoms with van der Waals surface area (Å²) < 4.78 is 0. The normalized spacial score (nSPS) is 9.93. The van der Waals surface area contributed by atoms with E-state index in [1.807, 2.05) is 0 Å². The molecular weight excluding hydrogens is 206 g/mol. The summed E-state index contributed by atoms with van der Waals surface area (Å²) in [5, 5.41) is 10.5. The van der Waals surface area contributed by atoms with Gasteiger partial charge in [0.15, 0.2) is 0 Å². The number of benzene rings is 1. The molecule has 1 rings (SSSR count). The van der Waals surface area contributed by atoms with Crippen LogP contribution in [0.3, 0.4) is 0 Å². The summed E-state index contributed by atoms with van der Waals surface area (Å²) in [4.78, 5) is 16.2. The Labute approximate surface area is 86.6 Å². The molecule has 0 spiro atoms. The zero-order valence-electron chi connectivity index (χ0n) is 7.82. The Kier molecular flexibility index (Phi) is 3.33. The van der Waals surface area contributed by atoms with Crippen LogP contribution in [0.4, 0.5) is 0 Å². The molecule has 0 aliphatic heterocycles. The Hall–Kier alpha value is -1.26. The molecule has 5 heteroatoms. The molecular formula is C9H10ClNO3. The van der Waals surface area contributed by atoms with E-state index in [2.05, 4.69) is 0 Å². The standard InChI is InChI=1S/C9H10ClNO3/c1-11(14-2)9(13)6-3-4-7(10)8(12)5-6/h3-5,12H,1-2H3. The molecule has 0 saturated heterocycles. The summed E-state index contributed by atoms with van der Waals surface area (Å²) in [5.41, 5.74) is 0.316. The third kappa shape index (κ3) is 2.16. The van der Waals surface area contributed by atoms with Crippen molar-refractivity contribution in [2.24, 2.45) is 0 Å². The molecule has 0 radical (unpaired) electrons. The zero-order chi connectivity index (χ0) is 10.7. The number of amides is 1. The average molecular weight is 216 g/mol. The van der Waals surface area contributed by atoms with Crippen molar-refractivity contribution >= 4 is 17.5 Å². The molecule has 4 nitrogen and oxygen atoms in total. The minimum atomic E-state index is -0.348. The van der Waals surface area contributed by atoms with Crippen molar-refractivity contribution in [1.29, 1.82) is 0 Å². The highest BCUT2D eigenvalue weighted by Gasteiger charge is 2.12. The fourth-order valence-electron chi connectivity index (χ4n) is 0.910. The van der Waals surface area contributed by atoms with E-state index in [-0.39, 0.29) is 16.7 Å². The van der Waals surface area contributed by atoms with Gasteiger partial charge in [0.25, 0.3) is 5.91 Å². The third-order valence-electron chi connectivity index (χ3n) is 1.75. The van der Waals surface area contributed by atoms with Gasteiger partial charge in [0.2, 0.25) is 0 Å². The highest BCUT2D eigenvalue weighted by atomic mass is 35.5. The van der Waals surface area contributed by atoms with Gasteiger partial charge in [-0.15, -0.1) is 0 Å². The van der Waals surface area contributed by atoms with E-state index in [0.717, 1.165) is 5.06 Å². The van der Waals surface area contributed by atoms with E-state index in [4.69, 9.17) is 16.4 Å². The van der Waals surface area contributed by atoms with Gasteiger partial charge in [-0.05, 0) is 18.2 Å². The zero-order valence-corrected chi connectivity index (χ0v) is 8.58. The molecule has 1 N–H and O–H groups in total. The summed E-state index contributed by atoms with van der Waals surface area (Å²) in [6.07, 6.45) is 0. The Morgan fingerprint density at radius 2 is 2.21 bits per heavy atom. The first-order valence-electron chi connectivity index (χ1n) is 3.87. The number of halogens is 1. The Morgan fingerprint density at radius 1 is 1.57 bits per heavy atom. The van der Waals surface area contributed by atoms with Crippen LogP contribution in [0, 0.1) is 0 Å². The van der Waals surface area contributed by atoms with Crippen molar-refractivity contribution < 1.29 is 14.7 Å². The van der Waals surface area contributed by atoms with E-state index < -0.39 is 0 Å². The summed E-state index contributed by atoms with van der Waals surface area (Å²) in [7, 11) is 2.86. The van der Waals surface area contributed by atoms with Crippen molar-refractivity contribution in [1.82, 2.24) is 5.06 Å². The quantitative estimate of drug-likeness (QED) is 0.764. The molecule has 1 amide bonds. The molecule has 0 atom stereocenters. The van der Waals surface area contributed by atoms with E-state index in [9.17, 15) is 9.90 Å². The maximum Gasteiger partial charge on any atom is 0.277 e. The van der Waals surface area contributed by atoms with Gasteiger partial charge < -0.3 is 5.11 Å². The first-order valence-corrected chi connectivity index (χ1v) is 4.24. The van der Waals surface area contributed by atoms with Crippen LogP contribution in [0.5, 0.6) is 5.75 Å². The highest BCUT2D eigenvalue weighted by Crippen LogP contribution is 2.24. The summed E-state index contributed by atoms with van der Waals surface area (Å²) in [5.74, 6) is -0.471. The van der Waals surface area contributed by atoms with Crippen molar-refractivity contribution in [3.05, 3.63) is 28.8 Å². The van der Waals surface area contributed by atoms with Crippen LogP contribution in [-0.4, -0.2) is 30.2 Å². The number of hydrogen-bond donors (Lipinski definition) is 1. The van der Waals surface area contributed by atoms with E-state index >= 15 is 0 Å². The Balaban J connectivity index is 2.97. The highest BCUT2D eigenvalue weighted by molar-refractivity contribution is 6.32. The second-order valence-electron chi connectivity index (χ2n) is 2.65. The SMILES string of the molecule is CON(C)C(=O)c1ccc(Cl)c(O)c1. The summed E-state index contributed by atoms with van der Waals surface area (Å²) in [6.45, 7) is 0. The van der Waals surface area contributed by atoms with Crippen molar-refractivity contribution in [2.75, 3.05) is 14.2 Å². The van der Waals surface area contributed by atoms with Gasteiger partial charge in [0.1, 0.15) is 5.75 Å². The molecule has 0 heterocycles. The lowest BCUT2D eigenvalue weighted by Crippen LogP contribution is -2.25. The lowest BCUT2D eigenvalue weighted by molar-refractivity contribution is -0.0757. The van der Waals surface area contributed by atoms with Crippen LogP contribution in [0.25, 0.3) is 0 Å². The number of phenolic OH excluding ortho intramolecular Hbond substituents is 1. The molecule has 0 aliphatic rings. The second-order valence-corrected chi connectivity index (χ2v) is 3.06. The van der Waals surface area contributed by atoms with Gasteiger partial charge in [0.05, 0.1) is 12.1 Å². The molecule has 1 aromatic carbocycles. The number of carbonyl (C=O) groups is 1. The molecule has 14 heavy (non-hydrogen) atoms. The first kappa shape index (κ1) is 10.8. The molecule has 76 valence electrons. The number of nitrogens with zero attached hydrogens (tertiary/aromatic N) is 1. The molecule has 0 fully saturated rings. The lowest BCUT2D eigenvalue weighted by atomic mass is 10.2. The minimum Gasteiger partial charge on any atom is -0.506 e. The predicted molar refractivity (Wildman–Crippen MR) is 52.2 cm³/mol. The monoisotopic (exact) mass is 215 g/mol. The molecule has 0 aliphatic carbocycles. The van der Waals surface area contributed by atoms with Gasteiger partial charge in [-0.1, -0.05) is 11.6 Å². The number of phenols is 1. The predicted octanol–water partition coefficient (Wildman–Crippen LogP) is 1.68. The number of rotatable bonds is 2. The van der Waals surface area contributed by atoms with E-state index in [1.54, 1.807) is 0 Å². The van der Waals surface area contributed by atoms with Gasteiger partial charge in [0, 0.05) is 12.6 Å². The maximum absolute atomic E-state index is 11.5. The largest absolute Gasteiger partial charge is 0.506 e. The fourth-order valence-corrected chi connectivity index (χ4v) is 1.03. The van der Waals surface area contributed by atoms with Crippen molar-refractivity contribution in [3.8, 4) is 5.75 Å². The van der Waals surface area contributed by atoms with Crippen LogP contribution in [0.2, 0.25) is 5.02 Å². The van der Waals surface area contributed by atoms with Crippen molar-refractivity contribution in [3.63, 3.8) is 0 Å². The smallest absolute Gasteiger partial charge is 0.277 e. The van der Waals surface area contributed by atoms with E-state index in [1.165, 1.54) is 32.4 Å². The van der Waals surface area contributed by atoms with Crippen LogP contribution in [-0.2, 0) is 4.84 Å². The van der Waals surface area contributed by atoms with Crippen LogP contribution in [0.1, 0.15) is 10.4 Å². The van der Waals surface area contributed by atoms with Crippen LogP contribution in [0.15, 0.2) is 18.2 Å². The molecule has 0 unspecified atom stereocenters. The summed E-state index contributed by atoms with van der Waals surface area (Å²) >= 11 is 5.59. The van der Waals surface area contributed by atoms with Gasteiger partial charge in [-0.3, -0.25) is 9.63 Å². The number of aromatic hydroxyl groups is 1. The van der Waals surface area contributed by atoms with Crippen LogP contribution < -0.4 is 0 Å². The third-order valence-corrected chi connectivity index (χ3v) is 2.07. The summed E-state index contributed by atoms with van der Waals surface area (Å²) in [6, 6.07) is 4.26. The van der Waals surface area contributed by atoms with Gasteiger partial charge in [-0.2, -0.15) is 0 Å². The number of hydrogen-bond acceptors (Lipinski definition) is 3. The maximum atomic E-state index is 11.5. The molecule has 0 bridgehead atoms. The van der Waals surface area contributed by atoms with Crippen LogP contribution >= 0.6 is 11.6 Å². The Morgan fingerprint density at radius 3 is 2.71 bits per heavy atom. The topological polar surface area (TPSA) is 49.8 Å². The van der Waals surface area contributed by atoms with Gasteiger partial charge >= 0.3 is 0 Å².